The summed E-state index contributed by atoms with van der Waals surface area (Å²) in [6, 6.07) is 0.434. The van der Waals surface area contributed by atoms with Crippen LogP contribution in [0.25, 0.3) is 0 Å². The number of hydrogen-bond donors (Lipinski definition) is 3. The van der Waals surface area contributed by atoms with E-state index in [2.05, 4.69) is 39.4 Å². The molecule has 1 unspecified atom stereocenters. The van der Waals surface area contributed by atoms with Crippen LogP contribution in [0.2, 0.25) is 0 Å². The van der Waals surface area contributed by atoms with Crippen molar-refractivity contribution in [2.24, 2.45) is 0 Å². The summed E-state index contributed by atoms with van der Waals surface area (Å²) in [5.74, 6) is 0.975. The summed E-state index contributed by atoms with van der Waals surface area (Å²) in [7, 11) is 0. The van der Waals surface area contributed by atoms with E-state index in [1.54, 1.807) is 0 Å². The van der Waals surface area contributed by atoms with Crippen molar-refractivity contribution >= 4 is 11.9 Å². The first kappa shape index (κ1) is 17.4. The molecule has 1 heterocycles. The summed E-state index contributed by atoms with van der Waals surface area (Å²) in [6.45, 7) is 8.90. The van der Waals surface area contributed by atoms with E-state index in [1.165, 1.54) is 0 Å². The van der Waals surface area contributed by atoms with Crippen molar-refractivity contribution in [3.8, 4) is 6.01 Å². The maximum absolute atomic E-state index is 9.06. The van der Waals surface area contributed by atoms with Gasteiger partial charge in [-0.25, -0.2) is 0 Å². The van der Waals surface area contributed by atoms with Gasteiger partial charge in [0.1, 0.15) is 0 Å². The Morgan fingerprint density at radius 1 is 1.14 bits per heavy atom. The summed E-state index contributed by atoms with van der Waals surface area (Å²) >= 11 is 0. The minimum absolute atomic E-state index is 0.00121. The van der Waals surface area contributed by atoms with Gasteiger partial charge in [-0.2, -0.15) is 15.0 Å². The quantitative estimate of drug-likeness (QED) is 0.608. The van der Waals surface area contributed by atoms with E-state index in [1.807, 2.05) is 13.8 Å². The normalized spacial score (nSPS) is 12.3. The van der Waals surface area contributed by atoms with Gasteiger partial charge < -0.3 is 20.5 Å². The Kier molecular flexibility index (Phi) is 7.74. The fourth-order valence-corrected chi connectivity index (χ4v) is 1.72. The summed E-state index contributed by atoms with van der Waals surface area (Å²) in [5.41, 5.74) is 0. The predicted octanol–water partition coefficient (Wildman–Crippen LogP) is 2.05. The van der Waals surface area contributed by atoms with Crippen LogP contribution in [0.1, 0.15) is 47.0 Å². The molecular weight excluding hydrogens is 270 g/mol. The molecule has 1 aromatic rings. The highest BCUT2D eigenvalue weighted by Crippen LogP contribution is 2.14. The number of aliphatic hydroxyl groups is 1. The molecule has 3 N–H and O–H groups in total. The molecule has 120 valence electrons. The lowest BCUT2D eigenvalue weighted by Crippen LogP contribution is -2.22. The molecular formula is C14H27N5O2. The van der Waals surface area contributed by atoms with Crippen LogP contribution < -0.4 is 15.4 Å². The first-order chi connectivity index (χ1) is 10.1. The Bertz CT molecular complexity index is 414. The number of aliphatic hydroxyl groups excluding tert-OH is 1. The number of aromatic nitrogens is 3. The molecule has 1 rings (SSSR count). The lowest BCUT2D eigenvalue weighted by Gasteiger charge is -2.17. The lowest BCUT2D eigenvalue weighted by molar-refractivity contribution is 0.222. The standard InChI is InChI=1S/C14H27N5O2/c1-5-8-15-12-17-13(16-11(6-2)7-9-20)19-14(18-12)21-10(3)4/h10-11,20H,5-9H2,1-4H3,(H2,15,16,17,18,19). The van der Waals surface area contributed by atoms with Crippen LogP contribution in [0.3, 0.4) is 0 Å². The van der Waals surface area contributed by atoms with Gasteiger partial charge in [0.25, 0.3) is 0 Å². The van der Waals surface area contributed by atoms with E-state index in [4.69, 9.17) is 9.84 Å². The van der Waals surface area contributed by atoms with Gasteiger partial charge in [0.2, 0.25) is 11.9 Å². The Morgan fingerprint density at radius 3 is 2.43 bits per heavy atom. The SMILES string of the molecule is CCCNc1nc(NC(CC)CCO)nc(OC(C)C)n1. The van der Waals surface area contributed by atoms with E-state index in [0.29, 0.717) is 24.3 Å². The third-order valence-electron chi connectivity index (χ3n) is 2.79. The van der Waals surface area contributed by atoms with Gasteiger partial charge in [0.15, 0.2) is 0 Å². The predicted molar refractivity (Wildman–Crippen MR) is 83.8 cm³/mol. The van der Waals surface area contributed by atoms with Crippen molar-refractivity contribution in [1.82, 2.24) is 15.0 Å². The second-order valence-corrected chi connectivity index (χ2v) is 5.12. The van der Waals surface area contributed by atoms with Gasteiger partial charge in [-0.1, -0.05) is 13.8 Å². The molecule has 0 fully saturated rings. The zero-order valence-electron chi connectivity index (χ0n) is 13.4. The average molecular weight is 297 g/mol. The van der Waals surface area contributed by atoms with Gasteiger partial charge in [0.05, 0.1) is 6.10 Å². The van der Waals surface area contributed by atoms with Crippen LogP contribution in [-0.2, 0) is 0 Å². The molecule has 0 amide bonds. The van der Waals surface area contributed by atoms with Crippen LogP contribution in [0, 0.1) is 0 Å². The molecule has 21 heavy (non-hydrogen) atoms. The molecule has 0 bridgehead atoms. The first-order valence-corrected chi connectivity index (χ1v) is 7.63. The molecule has 1 aromatic heterocycles. The summed E-state index contributed by atoms with van der Waals surface area (Å²) < 4.78 is 5.56. The fraction of sp³-hybridized carbons (Fsp3) is 0.786. The fourth-order valence-electron chi connectivity index (χ4n) is 1.72. The minimum atomic E-state index is -0.00121. The highest BCUT2D eigenvalue weighted by Gasteiger charge is 2.12. The Morgan fingerprint density at radius 2 is 1.86 bits per heavy atom. The molecule has 1 atom stereocenters. The van der Waals surface area contributed by atoms with Crippen molar-refractivity contribution < 1.29 is 9.84 Å². The lowest BCUT2D eigenvalue weighted by atomic mass is 10.2. The van der Waals surface area contributed by atoms with Crippen LogP contribution in [0.4, 0.5) is 11.9 Å². The summed E-state index contributed by atoms with van der Waals surface area (Å²) in [4.78, 5) is 12.9. The first-order valence-electron chi connectivity index (χ1n) is 7.63. The van der Waals surface area contributed by atoms with Gasteiger partial charge in [-0.05, 0) is 33.1 Å². The Balaban J connectivity index is 2.88. The zero-order valence-corrected chi connectivity index (χ0v) is 13.4. The van der Waals surface area contributed by atoms with Crippen LogP contribution >= 0.6 is 0 Å². The molecule has 7 heteroatoms. The highest BCUT2D eigenvalue weighted by molar-refractivity contribution is 5.36. The number of nitrogens with one attached hydrogen (secondary N) is 2. The van der Waals surface area contributed by atoms with Crippen molar-refractivity contribution in [3.63, 3.8) is 0 Å². The van der Waals surface area contributed by atoms with Crippen LogP contribution in [0.15, 0.2) is 0 Å². The van der Waals surface area contributed by atoms with Crippen molar-refractivity contribution in [3.05, 3.63) is 0 Å². The molecule has 0 saturated heterocycles. The van der Waals surface area contributed by atoms with Crippen molar-refractivity contribution in [1.29, 1.82) is 0 Å². The number of rotatable bonds is 10. The monoisotopic (exact) mass is 297 g/mol. The van der Waals surface area contributed by atoms with Gasteiger partial charge >= 0.3 is 6.01 Å². The van der Waals surface area contributed by atoms with E-state index in [0.717, 1.165) is 19.4 Å². The summed E-state index contributed by atoms with van der Waals surface area (Å²) in [5, 5.41) is 15.4. The zero-order chi connectivity index (χ0) is 15.7. The van der Waals surface area contributed by atoms with Crippen molar-refractivity contribution in [2.45, 2.75) is 59.1 Å². The smallest absolute Gasteiger partial charge is 0.323 e. The van der Waals surface area contributed by atoms with Gasteiger partial charge in [-0.15, -0.1) is 0 Å². The van der Waals surface area contributed by atoms with E-state index in [9.17, 15) is 0 Å². The second kappa shape index (κ2) is 9.33. The largest absolute Gasteiger partial charge is 0.461 e. The average Bonchev–Trinajstić information content (AvgIpc) is 2.43. The highest BCUT2D eigenvalue weighted by atomic mass is 16.5. The van der Waals surface area contributed by atoms with E-state index >= 15 is 0 Å². The molecule has 0 saturated carbocycles. The van der Waals surface area contributed by atoms with Gasteiger partial charge in [0, 0.05) is 19.2 Å². The summed E-state index contributed by atoms with van der Waals surface area (Å²) in [6.07, 6.45) is 2.51. The maximum atomic E-state index is 9.06. The molecule has 0 aliphatic heterocycles. The van der Waals surface area contributed by atoms with E-state index < -0.39 is 0 Å². The third kappa shape index (κ3) is 6.57. The topological polar surface area (TPSA) is 92.2 Å². The Labute approximate surface area is 126 Å². The third-order valence-corrected chi connectivity index (χ3v) is 2.79. The van der Waals surface area contributed by atoms with Crippen LogP contribution in [-0.4, -0.2) is 45.4 Å². The Hall–Kier alpha value is -1.63. The molecule has 0 aromatic carbocycles. The minimum Gasteiger partial charge on any atom is -0.461 e. The molecule has 0 spiro atoms. The molecule has 0 aliphatic rings. The van der Waals surface area contributed by atoms with Gasteiger partial charge in [-0.3, -0.25) is 0 Å². The maximum Gasteiger partial charge on any atom is 0.323 e. The van der Waals surface area contributed by atoms with Crippen molar-refractivity contribution in [2.75, 3.05) is 23.8 Å². The number of anilines is 2. The van der Waals surface area contributed by atoms with Crippen LogP contribution in [0.5, 0.6) is 6.01 Å². The number of hydrogen-bond acceptors (Lipinski definition) is 7. The number of nitrogens with zero attached hydrogens (tertiary/aromatic N) is 3. The molecule has 0 aliphatic carbocycles. The molecule has 7 nitrogen and oxygen atoms in total. The molecule has 0 radical (unpaired) electrons. The van der Waals surface area contributed by atoms with E-state index in [-0.39, 0.29) is 18.8 Å². The number of ether oxygens (including phenoxy) is 1. The second-order valence-electron chi connectivity index (χ2n) is 5.12.